The van der Waals surface area contributed by atoms with Crippen LogP contribution in [0.1, 0.15) is 16.1 Å². The van der Waals surface area contributed by atoms with E-state index in [2.05, 4.69) is 4.98 Å². The fourth-order valence-electron chi connectivity index (χ4n) is 0.958. The Morgan fingerprint density at radius 3 is 2.85 bits per heavy atom. The molecule has 1 aromatic rings. The lowest BCUT2D eigenvalue weighted by molar-refractivity contribution is 0.0696. The second-order valence-electron chi connectivity index (χ2n) is 2.50. The fraction of sp³-hybridized carbons (Fsp3) is 0.250. The highest BCUT2D eigenvalue weighted by molar-refractivity contribution is 5.87. The number of aromatic carboxylic acids is 1. The maximum absolute atomic E-state index is 10.9. The highest BCUT2D eigenvalue weighted by Crippen LogP contribution is 1.99. The number of H-pyrrole nitrogens is 1. The van der Waals surface area contributed by atoms with Crippen molar-refractivity contribution >= 4 is 5.97 Å². The summed E-state index contributed by atoms with van der Waals surface area (Å²) >= 11 is 0. The zero-order valence-electron chi connectivity index (χ0n) is 7.03. The SMILES string of the molecule is COCc1cc(C(=O)O)cc(=O)[nH]1. The van der Waals surface area contributed by atoms with Crippen LogP contribution in [0.2, 0.25) is 0 Å². The Bertz CT molecular complexity index is 369. The predicted molar refractivity (Wildman–Crippen MR) is 44.7 cm³/mol. The first-order valence-electron chi connectivity index (χ1n) is 3.59. The Morgan fingerprint density at radius 2 is 2.31 bits per heavy atom. The molecule has 0 spiro atoms. The molecule has 0 unspecified atom stereocenters. The third-order valence-electron chi connectivity index (χ3n) is 1.45. The number of pyridine rings is 1. The van der Waals surface area contributed by atoms with Gasteiger partial charge in [-0.1, -0.05) is 0 Å². The molecular formula is C8H9NO4. The minimum atomic E-state index is -1.12. The standard InChI is InChI=1S/C8H9NO4/c1-13-4-6-2-5(8(11)12)3-7(10)9-6/h2-3H,4H2,1H3,(H,9,10)(H,11,12). The smallest absolute Gasteiger partial charge is 0.335 e. The summed E-state index contributed by atoms with van der Waals surface area (Å²) in [6.45, 7) is 0.191. The molecule has 1 heterocycles. The summed E-state index contributed by atoms with van der Waals surface area (Å²) in [4.78, 5) is 23.9. The van der Waals surface area contributed by atoms with E-state index < -0.39 is 11.5 Å². The van der Waals surface area contributed by atoms with Gasteiger partial charge >= 0.3 is 5.97 Å². The highest BCUT2D eigenvalue weighted by Gasteiger charge is 2.05. The summed E-state index contributed by atoms with van der Waals surface area (Å²) < 4.78 is 4.75. The Kier molecular flexibility index (Phi) is 2.81. The van der Waals surface area contributed by atoms with Crippen LogP contribution in [0.25, 0.3) is 0 Å². The van der Waals surface area contributed by atoms with E-state index in [1.54, 1.807) is 0 Å². The van der Waals surface area contributed by atoms with Gasteiger partial charge in [0.2, 0.25) is 5.56 Å². The molecular weight excluding hydrogens is 174 g/mol. The second-order valence-corrected chi connectivity index (χ2v) is 2.50. The van der Waals surface area contributed by atoms with E-state index in [4.69, 9.17) is 9.84 Å². The van der Waals surface area contributed by atoms with Crippen LogP contribution in [-0.4, -0.2) is 23.2 Å². The van der Waals surface area contributed by atoms with Gasteiger partial charge in [-0.05, 0) is 6.07 Å². The van der Waals surface area contributed by atoms with Gasteiger partial charge in [0.15, 0.2) is 0 Å². The average molecular weight is 183 g/mol. The van der Waals surface area contributed by atoms with Crippen molar-refractivity contribution in [2.75, 3.05) is 7.11 Å². The number of methoxy groups -OCH3 is 1. The molecule has 5 heteroatoms. The van der Waals surface area contributed by atoms with Crippen LogP contribution >= 0.6 is 0 Å². The molecule has 0 bridgehead atoms. The third-order valence-corrected chi connectivity index (χ3v) is 1.45. The second kappa shape index (κ2) is 3.86. The number of nitrogens with one attached hydrogen (secondary N) is 1. The molecule has 0 atom stereocenters. The third kappa shape index (κ3) is 2.41. The molecule has 0 aromatic carbocycles. The van der Waals surface area contributed by atoms with Crippen LogP contribution in [0.5, 0.6) is 0 Å². The van der Waals surface area contributed by atoms with Gasteiger partial charge in [-0.15, -0.1) is 0 Å². The lowest BCUT2D eigenvalue weighted by atomic mass is 10.2. The Morgan fingerprint density at radius 1 is 1.62 bits per heavy atom. The largest absolute Gasteiger partial charge is 0.478 e. The van der Waals surface area contributed by atoms with Crippen LogP contribution in [-0.2, 0) is 11.3 Å². The van der Waals surface area contributed by atoms with Crippen LogP contribution in [0.4, 0.5) is 0 Å². The van der Waals surface area contributed by atoms with Crippen LogP contribution in [0.15, 0.2) is 16.9 Å². The summed E-state index contributed by atoms with van der Waals surface area (Å²) in [5.41, 5.74) is -0.0184. The molecule has 0 radical (unpaired) electrons. The first kappa shape index (κ1) is 9.47. The topological polar surface area (TPSA) is 79.4 Å². The van der Waals surface area contributed by atoms with Gasteiger partial charge in [-0.25, -0.2) is 4.79 Å². The van der Waals surface area contributed by atoms with Crippen molar-refractivity contribution in [2.24, 2.45) is 0 Å². The highest BCUT2D eigenvalue weighted by atomic mass is 16.5. The quantitative estimate of drug-likeness (QED) is 0.702. The molecule has 13 heavy (non-hydrogen) atoms. The summed E-state index contributed by atoms with van der Waals surface area (Å²) in [6, 6.07) is 2.40. The van der Waals surface area contributed by atoms with Crippen molar-refractivity contribution in [3.05, 3.63) is 33.7 Å². The molecule has 0 aliphatic carbocycles. The number of rotatable bonds is 3. The van der Waals surface area contributed by atoms with E-state index in [-0.39, 0.29) is 12.2 Å². The molecule has 0 aliphatic rings. The van der Waals surface area contributed by atoms with Gasteiger partial charge in [-0.3, -0.25) is 4.79 Å². The lowest BCUT2D eigenvalue weighted by Crippen LogP contribution is -2.12. The van der Waals surface area contributed by atoms with Crippen molar-refractivity contribution in [1.82, 2.24) is 4.98 Å². The van der Waals surface area contributed by atoms with Crippen molar-refractivity contribution in [3.8, 4) is 0 Å². The average Bonchev–Trinajstić information content (AvgIpc) is 2.03. The van der Waals surface area contributed by atoms with Gasteiger partial charge in [-0.2, -0.15) is 0 Å². The maximum atomic E-state index is 10.9. The molecule has 0 fully saturated rings. The maximum Gasteiger partial charge on any atom is 0.335 e. The number of hydrogen-bond acceptors (Lipinski definition) is 3. The number of carbonyl (C=O) groups is 1. The number of ether oxygens (including phenoxy) is 1. The molecule has 70 valence electrons. The molecule has 0 amide bonds. The summed E-state index contributed by atoms with van der Waals surface area (Å²) in [6.07, 6.45) is 0. The zero-order chi connectivity index (χ0) is 9.84. The van der Waals surface area contributed by atoms with Gasteiger partial charge in [0, 0.05) is 18.9 Å². The Labute approximate surface area is 74.0 Å². The Hall–Kier alpha value is -1.62. The first-order chi connectivity index (χ1) is 6.13. The van der Waals surface area contributed by atoms with Gasteiger partial charge in [0.1, 0.15) is 0 Å². The summed E-state index contributed by atoms with van der Waals surface area (Å²) in [7, 11) is 1.46. The number of carboxylic acid groups (broad SMARTS) is 1. The van der Waals surface area contributed by atoms with Gasteiger partial charge in [0.05, 0.1) is 12.2 Å². The first-order valence-corrected chi connectivity index (χ1v) is 3.59. The lowest BCUT2D eigenvalue weighted by Gasteiger charge is -2.00. The molecule has 0 aliphatic heterocycles. The molecule has 0 saturated heterocycles. The van der Waals surface area contributed by atoms with Crippen molar-refractivity contribution in [3.63, 3.8) is 0 Å². The van der Waals surface area contributed by atoms with E-state index in [9.17, 15) is 9.59 Å². The number of aromatic nitrogens is 1. The minimum Gasteiger partial charge on any atom is -0.478 e. The number of carboxylic acids is 1. The number of hydrogen-bond donors (Lipinski definition) is 2. The van der Waals surface area contributed by atoms with Crippen LogP contribution < -0.4 is 5.56 Å². The van der Waals surface area contributed by atoms with Crippen molar-refractivity contribution in [2.45, 2.75) is 6.61 Å². The van der Waals surface area contributed by atoms with E-state index >= 15 is 0 Å². The Balaban J connectivity index is 3.11. The van der Waals surface area contributed by atoms with E-state index in [0.29, 0.717) is 5.69 Å². The number of aromatic amines is 1. The van der Waals surface area contributed by atoms with Crippen LogP contribution in [0.3, 0.4) is 0 Å². The molecule has 0 saturated carbocycles. The van der Waals surface area contributed by atoms with Gasteiger partial charge < -0.3 is 14.8 Å². The normalized spacial score (nSPS) is 9.92. The van der Waals surface area contributed by atoms with E-state index in [1.165, 1.54) is 13.2 Å². The summed E-state index contributed by atoms with van der Waals surface area (Å²) in [5.74, 6) is -1.12. The van der Waals surface area contributed by atoms with E-state index in [0.717, 1.165) is 6.07 Å². The molecule has 1 rings (SSSR count). The monoisotopic (exact) mass is 183 g/mol. The predicted octanol–water partition coefficient (Wildman–Crippen LogP) is 0.220. The molecule has 2 N–H and O–H groups in total. The molecule has 1 aromatic heterocycles. The van der Waals surface area contributed by atoms with Crippen molar-refractivity contribution in [1.29, 1.82) is 0 Å². The van der Waals surface area contributed by atoms with E-state index in [1.807, 2.05) is 0 Å². The van der Waals surface area contributed by atoms with Gasteiger partial charge in [0.25, 0.3) is 0 Å². The van der Waals surface area contributed by atoms with Crippen molar-refractivity contribution < 1.29 is 14.6 Å². The fourth-order valence-corrected chi connectivity index (χ4v) is 0.958. The zero-order valence-corrected chi connectivity index (χ0v) is 7.03. The van der Waals surface area contributed by atoms with Crippen LogP contribution in [0, 0.1) is 0 Å². The summed E-state index contributed by atoms with van der Waals surface area (Å²) in [5, 5.41) is 8.61. The molecule has 5 nitrogen and oxygen atoms in total. The minimum absolute atomic E-state index is 0.0317.